The molecule has 0 spiro atoms. The first-order chi connectivity index (χ1) is 19.4. The molecule has 2 N–H and O–H groups in total. The summed E-state index contributed by atoms with van der Waals surface area (Å²) in [6, 6.07) is 17.8. The third kappa shape index (κ3) is 5.83. The lowest BCUT2D eigenvalue weighted by Gasteiger charge is -2.16. The van der Waals surface area contributed by atoms with Crippen LogP contribution in [0.5, 0.6) is 23.0 Å². The van der Waals surface area contributed by atoms with Gasteiger partial charge in [0.15, 0.2) is 11.5 Å². The fourth-order valence-corrected chi connectivity index (χ4v) is 4.27. The standard InChI is InChI=1S/C31H30FN3O5/c1-3-4-17-39-28-18-24-25(19-27(28)38-2)33-16-13-26(24)40-23-11-9-22(10-12-23)35-30(37)31(14-15-31)29(36)34-21-7-5-20(32)6-8-21/h5-13,16,18-19H,3-4,14-15,17H2,1-2H3,(H,34,36)(H,35,37). The third-order valence-corrected chi connectivity index (χ3v) is 6.80. The predicted octanol–water partition coefficient (Wildman–Crippen LogP) is 6.71. The molecule has 0 aliphatic heterocycles. The summed E-state index contributed by atoms with van der Waals surface area (Å²) >= 11 is 0. The van der Waals surface area contributed by atoms with Crippen LogP contribution in [0.25, 0.3) is 10.9 Å². The zero-order chi connectivity index (χ0) is 28.1. The Balaban J connectivity index is 1.26. The molecule has 1 fully saturated rings. The van der Waals surface area contributed by atoms with E-state index >= 15 is 0 Å². The third-order valence-electron chi connectivity index (χ3n) is 6.80. The molecule has 1 heterocycles. The van der Waals surface area contributed by atoms with Gasteiger partial charge in [-0.15, -0.1) is 0 Å². The first-order valence-electron chi connectivity index (χ1n) is 13.2. The number of amides is 2. The van der Waals surface area contributed by atoms with E-state index in [1.807, 2.05) is 12.1 Å². The van der Waals surface area contributed by atoms with Crippen LogP contribution in [0.3, 0.4) is 0 Å². The van der Waals surface area contributed by atoms with Crippen molar-refractivity contribution in [3.05, 3.63) is 78.7 Å². The van der Waals surface area contributed by atoms with Gasteiger partial charge in [0.1, 0.15) is 22.7 Å². The molecule has 4 aromatic rings. The number of hydrogen-bond acceptors (Lipinski definition) is 6. The molecule has 9 heteroatoms. The quantitative estimate of drug-likeness (QED) is 0.161. The first-order valence-corrected chi connectivity index (χ1v) is 13.2. The lowest BCUT2D eigenvalue weighted by Crippen LogP contribution is -2.35. The summed E-state index contributed by atoms with van der Waals surface area (Å²) in [6.07, 6.45) is 4.50. The second-order valence-electron chi connectivity index (χ2n) is 9.66. The molecule has 0 bridgehead atoms. The molecule has 0 radical (unpaired) electrons. The van der Waals surface area contributed by atoms with Gasteiger partial charge >= 0.3 is 0 Å². The van der Waals surface area contributed by atoms with E-state index in [2.05, 4.69) is 22.5 Å². The number of nitrogens with zero attached hydrogens (tertiary/aromatic N) is 1. The van der Waals surface area contributed by atoms with Crippen LogP contribution in [0.2, 0.25) is 0 Å². The van der Waals surface area contributed by atoms with E-state index in [0.29, 0.717) is 59.3 Å². The van der Waals surface area contributed by atoms with Crippen molar-refractivity contribution < 1.29 is 28.2 Å². The number of fused-ring (bicyclic) bond motifs is 1. The number of aromatic nitrogens is 1. The van der Waals surface area contributed by atoms with Crippen LogP contribution in [-0.2, 0) is 9.59 Å². The fourth-order valence-electron chi connectivity index (χ4n) is 4.27. The van der Waals surface area contributed by atoms with Crippen molar-refractivity contribution in [3.8, 4) is 23.0 Å². The van der Waals surface area contributed by atoms with Crippen molar-refractivity contribution in [2.24, 2.45) is 5.41 Å². The minimum atomic E-state index is -1.14. The number of carbonyl (C=O) groups excluding carboxylic acids is 2. The molecule has 206 valence electrons. The number of halogens is 1. The van der Waals surface area contributed by atoms with Crippen LogP contribution in [0.1, 0.15) is 32.6 Å². The Bertz CT molecular complexity index is 1520. The normalized spacial score (nSPS) is 13.4. The van der Waals surface area contributed by atoms with Gasteiger partial charge in [-0.25, -0.2) is 4.39 Å². The van der Waals surface area contributed by atoms with Gasteiger partial charge in [-0.2, -0.15) is 0 Å². The van der Waals surface area contributed by atoms with E-state index in [9.17, 15) is 14.0 Å². The Morgan fingerprint density at radius 3 is 2.15 bits per heavy atom. The van der Waals surface area contributed by atoms with Gasteiger partial charge in [0.05, 0.1) is 19.2 Å². The summed E-state index contributed by atoms with van der Waals surface area (Å²) in [6.45, 7) is 2.68. The number of nitrogens with one attached hydrogen (secondary N) is 2. The average molecular weight is 544 g/mol. The maximum atomic E-state index is 13.2. The number of pyridine rings is 1. The van der Waals surface area contributed by atoms with Crippen molar-refractivity contribution in [2.75, 3.05) is 24.4 Å². The predicted molar refractivity (Wildman–Crippen MR) is 151 cm³/mol. The Morgan fingerprint density at radius 2 is 1.55 bits per heavy atom. The number of unbranched alkanes of at least 4 members (excludes halogenated alkanes) is 1. The first kappa shape index (κ1) is 26.9. The summed E-state index contributed by atoms with van der Waals surface area (Å²) in [5, 5.41) is 6.31. The van der Waals surface area contributed by atoms with E-state index in [-0.39, 0.29) is 5.91 Å². The number of hydrogen-bond donors (Lipinski definition) is 2. The highest BCUT2D eigenvalue weighted by Gasteiger charge is 2.56. The largest absolute Gasteiger partial charge is 0.493 e. The molecule has 1 aliphatic rings. The van der Waals surface area contributed by atoms with Crippen LogP contribution in [0.4, 0.5) is 15.8 Å². The number of benzene rings is 3. The van der Waals surface area contributed by atoms with Gasteiger partial charge in [-0.3, -0.25) is 14.6 Å². The molecule has 40 heavy (non-hydrogen) atoms. The molecular weight excluding hydrogens is 513 g/mol. The lowest BCUT2D eigenvalue weighted by atomic mass is 10.0. The maximum absolute atomic E-state index is 13.2. The monoisotopic (exact) mass is 543 g/mol. The van der Waals surface area contributed by atoms with Crippen LogP contribution in [0.15, 0.2) is 72.9 Å². The SMILES string of the molecule is CCCCOc1cc2c(Oc3ccc(NC(=O)C4(C(=O)Nc5ccc(F)cc5)CC4)cc3)ccnc2cc1OC. The molecule has 2 amide bonds. The maximum Gasteiger partial charge on any atom is 0.240 e. The van der Waals surface area contributed by atoms with Crippen LogP contribution in [0, 0.1) is 11.2 Å². The van der Waals surface area contributed by atoms with Crippen molar-refractivity contribution in [1.82, 2.24) is 4.98 Å². The summed E-state index contributed by atoms with van der Waals surface area (Å²) in [5.41, 5.74) is 0.537. The van der Waals surface area contributed by atoms with Crippen LogP contribution < -0.4 is 24.8 Å². The second-order valence-corrected chi connectivity index (χ2v) is 9.66. The highest BCUT2D eigenvalue weighted by atomic mass is 19.1. The molecule has 5 rings (SSSR count). The highest BCUT2D eigenvalue weighted by Crippen LogP contribution is 2.47. The van der Waals surface area contributed by atoms with E-state index in [1.54, 1.807) is 43.6 Å². The summed E-state index contributed by atoms with van der Waals surface area (Å²) in [5.74, 6) is 1.19. The Morgan fingerprint density at radius 1 is 0.900 bits per heavy atom. The topological polar surface area (TPSA) is 98.8 Å². The zero-order valence-electron chi connectivity index (χ0n) is 22.3. The van der Waals surface area contributed by atoms with Crippen molar-refractivity contribution in [1.29, 1.82) is 0 Å². The van der Waals surface area contributed by atoms with Gasteiger partial charge in [0, 0.05) is 29.0 Å². The fraction of sp³-hybridized carbons (Fsp3) is 0.258. The lowest BCUT2D eigenvalue weighted by molar-refractivity contribution is -0.131. The van der Waals surface area contributed by atoms with Gasteiger partial charge < -0.3 is 24.8 Å². The van der Waals surface area contributed by atoms with Crippen LogP contribution >= 0.6 is 0 Å². The smallest absolute Gasteiger partial charge is 0.240 e. The van der Waals surface area contributed by atoms with Gasteiger partial charge in [-0.05, 0) is 79.9 Å². The second kappa shape index (κ2) is 11.6. The summed E-state index contributed by atoms with van der Waals surface area (Å²) < 4.78 is 30.7. The van der Waals surface area contributed by atoms with E-state index < -0.39 is 17.1 Å². The molecule has 1 aliphatic carbocycles. The van der Waals surface area contributed by atoms with E-state index in [0.717, 1.165) is 18.2 Å². The molecule has 0 saturated heterocycles. The van der Waals surface area contributed by atoms with Crippen molar-refractivity contribution >= 4 is 34.1 Å². The highest BCUT2D eigenvalue weighted by molar-refractivity contribution is 6.16. The summed E-state index contributed by atoms with van der Waals surface area (Å²) in [4.78, 5) is 30.2. The number of carbonyl (C=O) groups is 2. The molecule has 0 atom stereocenters. The average Bonchev–Trinajstić information content (AvgIpc) is 3.78. The molecule has 0 unspecified atom stereocenters. The summed E-state index contributed by atoms with van der Waals surface area (Å²) in [7, 11) is 1.59. The Hall–Kier alpha value is -4.66. The van der Waals surface area contributed by atoms with E-state index in [1.165, 1.54) is 24.3 Å². The number of anilines is 2. The van der Waals surface area contributed by atoms with Gasteiger partial charge in [0.2, 0.25) is 11.8 Å². The van der Waals surface area contributed by atoms with Crippen molar-refractivity contribution in [3.63, 3.8) is 0 Å². The Kier molecular flexibility index (Phi) is 7.82. The number of methoxy groups -OCH3 is 1. The van der Waals surface area contributed by atoms with Gasteiger partial charge in [-0.1, -0.05) is 13.3 Å². The van der Waals surface area contributed by atoms with E-state index in [4.69, 9.17) is 14.2 Å². The van der Waals surface area contributed by atoms with Gasteiger partial charge in [0.25, 0.3) is 0 Å². The van der Waals surface area contributed by atoms with Crippen molar-refractivity contribution in [2.45, 2.75) is 32.6 Å². The molecule has 1 saturated carbocycles. The Labute approximate surface area is 231 Å². The number of rotatable bonds is 11. The zero-order valence-corrected chi connectivity index (χ0v) is 22.3. The molecule has 3 aromatic carbocycles. The molecular formula is C31H30FN3O5. The molecule has 8 nitrogen and oxygen atoms in total. The van der Waals surface area contributed by atoms with Crippen LogP contribution in [-0.4, -0.2) is 30.5 Å². The molecule has 1 aromatic heterocycles. The minimum Gasteiger partial charge on any atom is -0.493 e. The minimum absolute atomic E-state index is 0.384. The number of ether oxygens (including phenoxy) is 3.